The van der Waals surface area contributed by atoms with Gasteiger partial charge in [0, 0.05) is 43.3 Å². The second kappa shape index (κ2) is 4.64. The number of pyridine rings is 2. The van der Waals surface area contributed by atoms with E-state index in [0.29, 0.717) is 0 Å². The molecule has 18 heavy (non-hydrogen) atoms. The van der Waals surface area contributed by atoms with Crippen LogP contribution < -0.4 is 10.3 Å². The maximum Gasteiger partial charge on any atom is 0.182 e. The predicted molar refractivity (Wildman–Crippen MR) is 71.7 cm³/mol. The molecule has 0 bridgehead atoms. The van der Waals surface area contributed by atoms with E-state index in [1.165, 1.54) is 24.6 Å². The first kappa shape index (κ1) is 11.0. The van der Waals surface area contributed by atoms with Gasteiger partial charge in [-0.15, -0.1) is 0 Å². The summed E-state index contributed by atoms with van der Waals surface area (Å²) in [5, 5.41) is 0. The van der Waals surface area contributed by atoms with Gasteiger partial charge in [-0.05, 0) is 25.0 Å². The van der Waals surface area contributed by atoms with Crippen LogP contribution in [0.1, 0.15) is 12.8 Å². The van der Waals surface area contributed by atoms with Crippen LogP contribution in [-0.2, 0) is 0 Å². The molecule has 1 aliphatic heterocycles. The van der Waals surface area contributed by atoms with E-state index in [0.717, 1.165) is 24.5 Å². The number of H-pyrrole nitrogens is 1. The number of nitrogens with zero attached hydrogens (tertiary/aromatic N) is 2. The summed E-state index contributed by atoms with van der Waals surface area (Å²) in [4.78, 5) is 21.1. The molecule has 0 aromatic carbocycles. The fourth-order valence-electron chi connectivity index (χ4n) is 2.33. The molecular formula is C14H15N3O. The van der Waals surface area contributed by atoms with E-state index in [4.69, 9.17) is 0 Å². The third-order valence-electron chi connectivity index (χ3n) is 3.26. The topological polar surface area (TPSA) is 49.0 Å². The Morgan fingerprint density at radius 2 is 2.00 bits per heavy atom. The van der Waals surface area contributed by atoms with Gasteiger partial charge in [0.15, 0.2) is 5.43 Å². The van der Waals surface area contributed by atoms with Crippen LogP contribution in [0.4, 0.5) is 5.69 Å². The molecule has 0 radical (unpaired) electrons. The normalized spacial score (nSPS) is 15.0. The molecule has 4 heteroatoms. The number of rotatable bonds is 2. The average molecular weight is 241 g/mol. The summed E-state index contributed by atoms with van der Waals surface area (Å²) in [6.07, 6.45) is 5.95. The van der Waals surface area contributed by atoms with Crippen LogP contribution in [0.2, 0.25) is 0 Å². The SMILES string of the molecule is O=c1cc[nH]c(-c2cc(N3CCCC3)ccn2)c1. The molecule has 0 saturated carbocycles. The van der Waals surface area contributed by atoms with Gasteiger partial charge in [-0.2, -0.15) is 0 Å². The van der Waals surface area contributed by atoms with Crippen molar-refractivity contribution in [3.63, 3.8) is 0 Å². The van der Waals surface area contributed by atoms with Crippen molar-refractivity contribution >= 4 is 5.69 Å². The molecule has 4 nitrogen and oxygen atoms in total. The summed E-state index contributed by atoms with van der Waals surface area (Å²) in [6.45, 7) is 2.21. The lowest BCUT2D eigenvalue weighted by molar-refractivity contribution is 0.949. The lowest BCUT2D eigenvalue weighted by atomic mass is 10.2. The van der Waals surface area contributed by atoms with Gasteiger partial charge in [-0.25, -0.2) is 0 Å². The van der Waals surface area contributed by atoms with E-state index in [9.17, 15) is 4.79 Å². The third-order valence-corrected chi connectivity index (χ3v) is 3.26. The first-order valence-corrected chi connectivity index (χ1v) is 6.23. The van der Waals surface area contributed by atoms with Crippen molar-refractivity contribution in [2.24, 2.45) is 0 Å². The Hall–Kier alpha value is -2.10. The van der Waals surface area contributed by atoms with Crippen LogP contribution in [-0.4, -0.2) is 23.1 Å². The maximum absolute atomic E-state index is 11.3. The predicted octanol–water partition coefficient (Wildman–Crippen LogP) is 2.04. The minimum Gasteiger partial charge on any atom is -0.371 e. The Bertz CT molecular complexity index is 600. The average Bonchev–Trinajstić information content (AvgIpc) is 2.93. The van der Waals surface area contributed by atoms with Gasteiger partial charge in [0.25, 0.3) is 0 Å². The van der Waals surface area contributed by atoms with Gasteiger partial charge in [-0.3, -0.25) is 9.78 Å². The number of hydrogen-bond donors (Lipinski definition) is 1. The number of hydrogen-bond acceptors (Lipinski definition) is 3. The van der Waals surface area contributed by atoms with Gasteiger partial charge < -0.3 is 9.88 Å². The molecule has 3 rings (SSSR count). The molecule has 0 atom stereocenters. The molecule has 2 aromatic rings. The lowest BCUT2D eigenvalue weighted by Crippen LogP contribution is -2.17. The number of anilines is 1. The Morgan fingerprint density at radius 1 is 1.17 bits per heavy atom. The zero-order valence-electron chi connectivity index (χ0n) is 10.1. The van der Waals surface area contributed by atoms with Crippen molar-refractivity contribution < 1.29 is 0 Å². The van der Waals surface area contributed by atoms with Crippen LogP contribution in [0.15, 0.2) is 41.5 Å². The molecule has 0 amide bonds. The van der Waals surface area contributed by atoms with Crippen molar-refractivity contribution in [3.05, 3.63) is 46.9 Å². The summed E-state index contributed by atoms with van der Waals surface area (Å²) < 4.78 is 0. The van der Waals surface area contributed by atoms with E-state index < -0.39 is 0 Å². The fourth-order valence-corrected chi connectivity index (χ4v) is 2.33. The molecule has 0 spiro atoms. The first-order chi connectivity index (χ1) is 8.83. The Balaban J connectivity index is 1.97. The van der Waals surface area contributed by atoms with E-state index in [1.807, 2.05) is 12.1 Å². The van der Waals surface area contributed by atoms with Crippen molar-refractivity contribution in [1.29, 1.82) is 0 Å². The second-order valence-corrected chi connectivity index (χ2v) is 4.53. The summed E-state index contributed by atoms with van der Waals surface area (Å²) in [5.74, 6) is 0. The van der Waals surface area contributed by atoms with Crippen molar-refractivity contribution in [1.82, 2.24) is 9.97 Å². The van der Waals surface area contributed by atoms with Crippen LogP contribution in [0.3, 0.4) is 0 Å². The highest BCUT2D eigenvalue weighted by atomic mass is 16.1. The minimum absolute atomic E-state index is 0.00266. The maximum atomic E-state index is 11.3. The van der Waals surface area contributed by atoms with E-state index >= 15 is 0 Å². The smallest absolute Gasteiger partial charge is 0.182 e. The van der Waals surface area contributed by atoms with Crippen molar-refractivity contribution in [2.75, 3.05) is 18.0 Å². The van der Waals surface area contributed by atoms with Crippen LogP contribution in [0, 0.1) is 0 Å². The monoisotopic (exact) mass is 241 g/mol. The highest BCUT2D eigenvalue weighted by molar-refractivity contribution is 5.61. The quantitative estimate of drug-likeness (QED) is 0.875. The Labute approximate surface area is 105 Å². The molecule has 92 valence electrons. The summed E-state index contributed by atoms with van der Waals surface area (Å²) in [6, 6.07) is 7.15. The van der Waals surface area contributed by atoms with Crippen LogP contribution >= 0.6 is 0 Å². The largest absolute Gasteiger partial charge is 0.371 e. The van der Waals surface area contributed by atoms with Gasteiger partial charge in [-0.1, -0.05) is 0 Å². The van der Waals surface area contributed by atoms with E-state index in [1.54, 1.807) is 18.5 Å². The summed E-state index contributed by atoms with van der Waals surface area (Å²) in [7, 11) is 0. The van der Waals surface area contributed by atoms with E-state index in [2.05, 4.69) is 14.9 Å². The molecule has 0 aliphatic carbocycles. The van der Waals surface area contributed by atoms with Crippen LogP contribution in [0.25, 0.3) is 11.4 Å². The van der Waals surface area contributed by atoms with Gasteiger partial charge in [0.1, 0.15) is 0 Å². The second-order valence-electron chi connectivity index (χ2n) is 4.53. The minimum atomic E-state index is -0.00266. The zero-order chi connectivity index (χ0) is 12.4. The third kappa shape index (κ3) is 2.14. The Kier molecular flexibility index (Phi) is 2.84. The van der Waals surface area contributed by atoms with Crippen molar-refractivity contribution in [3.8, 4) is 11.4 Å². The Morgan fingerprint density at radius 3 is 2.78 bits per heavy atom. The fraction of sp³-hybridized carbons (Fsp3) is 0.286. The number of aromatic amines is 1. The summed E-state index contributed by atoms with van der Waals surface area (Å²) >= 11 is 0. The van der Waals surface area contributed by atoms with Gasteiger partial charge in [0.05, 0.1) is 11.4 Å². The highest BCUT2D eigenvalue weighted by Gasteiger charge is 2.13. The van der Waals surface area contributed by atoms with Crippen molar-refractivity contribution in [2.45, 2.75) is 12.8 Å². The molecule has 2 aromatic heterocycles. The van der Waals surface area contributed by atoms with E-state index in [-0.39, 0.29) is 5.43 Å². The zero-order valence-corrected chi connectivity index (χ0v) is 10.1. The number of aromatic nitrogens is 2. The molecule has 0 unspecified atom stereocenters. The number of nitrogens with one attached hydrogen (secondary N) is 1. The van der Waals surface area contributed by atoms with Gasteiger partial charge >= 0.3 is 0 Å². The molecule has 1 aliphatic rings. The van der Waals surface area contributed by atoms with Gasteiger partial charge in [0.2, 0.25) is 0 Å². The highest BCUT2D eigenvalue weighted by Crippen LogP contribution is 2.23. The summed E-state index contributed by atoms with van der Waals surface area (Å²) in [5.41, 5.74) is 2.76. The first-order valence-electron chi connectivity index (χ1n) is 6.23. The van der Waals surface area contributed by atoms with Crippen LogP contribution in [0.5, 0.6) is 0 Å². The molecule has 1 fully saturated rings. The molecule has 1 saturated heterocycles. The lowest BCUT2D eigenvalue weighted by Gasteiger charge is -2.17. The molecular weight excluding hydrogens is 226 g/mol. The molecule has 3 heterocycles. The molecule has 1 N–H and O–H groups in total. The standard InChI is InChI=1S/C14H15N3O/c18-12-4-6-16-14(10-12)13-9-11(3-5-15-13)17-7-1-2-8-17/h3-6,9-10H,1-2,7-8H2,(H,16,18).